The number of hydrogen-bond donors (Lipinski definition) is 1. The largest absolute Gasteiger partial charge is 0.459 e. The van der Waals surface area contributed by atoms with Gasteiger partial charge >= 0.3 is 17.9 Å². The lowest BCUT2D eigenvalue weighted by molar-refractivity contribution is -0.123. The molecule has 12 nitrogen and oxygen atoms in total. The Morgan fingerprint density at radius 2 is 1.27 bits per heavy atom. The Balaban J connectivity index is 1.43. The number of amides is 1. The van der Waals surface area contributed by atoms with E-state index in [4.69, 9.17) is 42.1 Å². The number of benzene rings is 3. The second-order valence-corrected chi connectivity index (χ2v) is 13.4. The van der Waals surface area contributed by atoms with E-state index in [0.717, 1.165) is 0 Å². The first-order chi connectivity index (χ1) is 24.4. The molecule has 262 valence electrons. The average molecular weight is 732 g/mol. The number of carbonyl (C=O) groups is 4. The third kappa shape index (κ3) is 7.88. The molecule has 2 aromatic heterocycles. The van der Waals surface area contributed by atoms with Gasteiger partial charge in [0.25, 0.3) is 0 Å². The van der Waals surface area contributed by atoms with Gasteiger partial charge in [0.05, 0.1) is 27.1 Å². The van der Waals surface area contributed by atoms with Crippen molar-refractivity contribution in [1.82, 2.24) is 14.5 Å². The normalized spacial score (nSPS) is 18.6. The average Bonchev–Trinajstić information content (AvgIpc) is 3.63. The van der Waals surface area contributed by atoms with Crippen molar-refractivity contribution in [3.63, 3.8) is 0 Å². The molecular weight excluding hydrogens is 699 g/mol. The Labute approximate surface area is 302 Å². The molecule has 5 aromatic rings. The van der Waals surface area contributed by atoms with Crippen molar-refractivity contribution >= 4 is 64.0 Å². The number of carbonyl (C=O) groups excluding carboxylic acids is 4. The maximum Gasteiger partial charge on any atom is 0.338 e. The minimum Gasteiger partial charge on any atom is -0.459 e. The van der Waals surface area contributed by atoms with Crippen LogP contribution in [0.5, 0.6) is 0 Å². The summed E-state index contributed by atoms with van der Waals surface area (Å²) in [5, 5.41) is 2.94. The molecule has 1 N–H and O–H groups in total. The highest BCUT2D eigenvalue weighted by atomic mass is 35.5. The summed E-state index contributed by atoms with van der Waals surface area (Å²) in [5.74, 6) is -2.62. The molecule has 0 aliphatic carbocycles. The number of hydrogen-bond acceptors (Lipinski definition) is 10. The van der Waals surface area contributed by atoms with Crippen LogP contribution >= 0.6 is 23.2 Å². The predicted octanol–water partition coefficient (Wildman–Crippen LogP) is 6.93. The second-order valence-electron chi connectivity index (χ2n) is 12.6. The van der Waals surface area contributed by atoms with Crippen LogP contribution in [0.15, 0.2) is 97.2 Å². The van der Waals surface area contributed by atoms with Crippen molar-refractivity contribution < 1.29 is 38.1 Å². The molecule has 1 saturated heterocycles. The van der Waals surface area contributed by atoms with E-state index in [1.165, 1.54) is 10.8 Å². The van der Waals surface area contributed by atoms with Crippen molar-refractivity contribution in [3.05, 3.63) is 124 Å². The molecule has 0 bridgehead atoms. The van der Waals surface area contributed by atoms with Crippen molar-refractivity contribution in [2.75, 3.05) is 11.9 Å². The molecule has 1 fully saturated rings. The third-order valence-electron chi connectivity index (χ3n) is 7.94. The van der Waals surface area contributed by atoms with Gasteiger partial charge in [0, 0.05) is 11.6 Å². The van der Waals surface area contributed by atoms with Crippen LogP contribution in [0, 0.1) is 5.41 Å². The SMILES string of the molecule is CC(C)(C)C(=O)Nc1nc(Cl)c2c(Cl)cn([C@@H]3O[C@H](COC(=O)c4ccccc4)[C@@H](OC(=O)c4ccccc4)[C@H]3OC(=O)c3ccccc3)c2n1. The Bertz CT molecular complexity index is 2070. The highest BCUT2D eigenvalue weighted by Crippen LogP contribution is 2.40. The number of anilines is 1. The Hall–Kier alpha value is -5.30. The number of nitrogens with zero attached hydrogens (tertiary/aromatic N) is 3. The number of rotatable bonds is 9. The van der Waals surface area contributed by atoms with Crippen LogP contribution in [0.1, 0.15) is 58.1 Å². The molecule has 14 heteroatoms. The summed E-state index contributed by atoms with van der Waals surface area (Å²) in [6.07, 6.45) is -3.63. The smallest absolute Gasteiger partial charge is 0.338 e. The quantitative estimate of drug-likeness (QED) is 0.0962. The molecule has 4 atom stereocenters. The fourth-order valence-corrected chi connectivity index (χ4v) is 5.88. The number of nitrogens with one attached hydrogen (secondary N) is 1. The van der Waals surface area contributed by atoms with E-state index < -0.39 is 54.5 Å². The Morgan fingerprint density at radius 3 is 1.80 bits per heavy atom. The zero-order chi connectivity index (χ0) is 36.3. The summed E-state index contributed by atoms with van der Waals surface area (Å²) in [7, 11) is 0. The number of esters is 3. The van der Waals surface area contributed by atoms with E-state index in [2.05, 4.69) is 15.3 Å². The van der Waals surface area contributed by atoms with E-state index in [9.17, 15) is 19.2 Å². The summed E-state index contributed by atoms with van der Waals surface area (Å²) < 4.78 is 25.6. The highest BCUT2D eigenvalue weighted by Gasteiger charge is 2.52. The first-order valence-electron chi connectivity index (χ1n) is 15.9. The second kappa shape index (κ2) is 14.9. The van der Waals surface area contributed by atoms with Crippen LogP contribution in [0.25, 0.3) is 11.0 Å². The van der Waals surface area contributed by atoms with E-state index in [0.29, 0.717) is 0 Å². The van der Waals surface area contributed by atoms with Crippen LogP contribution in [0.3, 0.4) is 0 Å². The van der Waals surface area contributed by atoms with Gasteiger partial charge in [0.15, 0.2) is 24.1 Å². The summed E-state index contributed by atoms with van der Waals surface area (Å²) in [6.45, 7) is 4.77. The highest BCUT2D eigenvalue weighted by molar-refractivity contribution is 6.41. The van der Waals surface area contributed by atoms with Crippen LogP contribution < -0.4 is 5.32 Å². The van der Waals surface area contributed by atoms with Gasteiger partial charge in [-0.15, -0.1) is 0 Å². The fraction of sp³-hybridized carbons (Fsp3) is 0.243. The lowest BCUT2D eigenvalue weighted by Gasteiger charge is -2.25. The van der Waals surface area contributed by atoms with E-state index in [-0.39, 0.29) is 49.8 Å². The molecule has 3 aromatic carbocycles. The first-order valence-corrected chi connectivity index (χ1v) is 16.6. The zero-order valence-corrected chi connectivity index (χ0v) is 29.1. The van der Waals surface area contributed by atoms with Crippen molar-refractivity contribution in [1.29, 1.82) is 0 Å². The predicted molar refractivity (Wildman–Crippen MR) is 188 cm³/mol. The molecule has 0 spiro atoms. The van der Waals surface area contributed by atoms with Gasteiger partial charge in [-0.2, -0.15) is 9.97 Å². The first kappa shape index (κ1) is 35.5. The van der Waals surface area contributed by atoms with Gasteiger partial charge in [0.2, 0.25) is 11.9 Å². The Morgan fingerprint density at radius 1 is 0.765 bits per heavy atom. The van der Waals surface area contributed by atoms with Crippen LogP contribution in [0.2, 0.25) is 10.2 Å². The number of ether oxygens (including phenoxy) is 4. The lowest BCUT2D eigenvalue weighted by atomic mass is 9.96. The van der Waals surface area contributed by atoms with Crippen molar-refractivity contribution in [2.45, 2.75) is 45.3 Å². The number of aromatic nitrogens is 3. The summed E-state index contributed by atoms with van der Waals surface area (Å²) in [6, 6.07) is 24.7. The molecule has 3 heterocycles. The van der Waals surface area contributed by atoms with Crippen LogP contribution in [-0.2, 0) is 23.7 Å². The maximum absolute atomic E-state index is 13.6. The molecule has 0 radical (unpaired) electrons. The molecule has 51 heavy (non-hydrogen) atoms. The molecule has 1 amide bonds. The minimum atomic E-state index is -1.35. The molecule has 0 saturated carbocycles. The lowest BCUT2D eigenvalue weighted by Crippen LogP contribution is -2.41. The van der Waals surface area contributed by atoms with Crippen LogP contribution in [-0.4, -0.2) is 63.3 Å². The molecule has 1 aliphatic rings. The Kier molecular flexibility index (Phi) is 10.4. The zero-order valence-electron chi connectivity index (χ0n) is 27.6. The van der Waals surface area contributed by atoms with Gasteiger partial charge < -0.3 is 23.5 Å². The van der Waals surface area contributed by atoms with Gasteiger partial charge in [0.1, 0.15) is 17.9 Å². The van der Waals surface area contributed by atoms with Gasteiger partial charge in [-0.1, -0.05) is 98.6 Å². The summed E-state index contributed by atoms with van der Waals surface area (Å²) in [5.41, 5.74) is 0.0654. The standard InChI is InChI=1S/C37H32Cl2N4O8/c1-37(2,3)35(47)42-36-40-29(39)26-24(38)19-43(30(26)41-36)31-28(51-34(46)23-17-11-6-12-18-23)27(50-33(45)22-15-9-5-10-16-22)25(49-31)20-48-32(44)21-13-7-4-8-14-21/h4-19,25,27-28,31H,20H2,1-3H3,(H,40,41,42,47)/t25-,27-,28-,31-/m1/s1. The minimum absolute atomic E-state index is 0.0656. The number of fused-ring (bicyclic) bond motifs is 1. The van der Waals surface area contributed by atoms with Crippen LogP contribution in [0.4, 0.5) is 5.95 Å². The topological polar surface area (TPSA) is 148 Å². The monoisotopic (exact) mass is 730 g/mol. The number of halogens is 2. The summed E-state index contributed by atoms with van der Waals surface area (Å²) >= 11 is 13.2. The summed E-state index contributed by atoms with van der Waals surface area (Å²) in [4.78, 5) is 61.7. The van der Waals surface area contributed by atoms with Gasteiger partial charge in [-0.05, 0) is 36.4 Å². The van der Waals surface area contributed by atoms with E-state index in [1.54, 1.807) is 112 Å². The molecule has 6 rings (SSSR count). The van der Waals surface area contributed by atoms with E-state index in [1.807, 2.05) is 0 Å². The van der Waals surface area contributed by atoms with Gasteiger partial charge in [-0.3, -0.25) is 10.1 Å². The molecule has 1 aliphatic heterocycles. The van der Waals surface area contributed by atoms with Gasteiger partial charge in [-0.25, -0.2) is 14.4 Å². The van der Waals surface area contributed by atoms with Crippen molar-refractivity contribution in [3.8, 4) is 0 Å². The van der Waals surface area contributed by atoms with Crippen molar-refractivity contribution in [2.24, 2.45) is 5.41 Å². The molecular formula is C37H32Cl2N4O8. The molecule has 0 unspecified atom stereocenters. The van der Waals surface area contributed by atoms with E-state index >= 15 is 0 Å². The third-order valence-corrected chi connectivity index (χ3v) is 8.50. The fourth-order valence-electron chi connectivity index (χ4n) is 5.28. The maximum atomic E-state index is 13.6.